The lowest BCUT2D eigenvalue weighted by atomic mass is 10.1. The average Bonchev–Trinajstić information content (AvgIpc) is 2.56. The summed E-state index contributed by atoms with van der Waals surface area (Å²) in [6.07, 6.45) is -0.483. The zero-order valence-electron chi connectivity index (χ0n) is 13.4. The fourth-order valence-corrected chi connectivity index (χ4v) is 2.52. The van der Waals surface area contributed by atoms with Crippen LogP contribution in [0.25, 0.3) is 0 Å². The number of ether oxygens (including phenoxy) is 1. The molecule has 0 radical (unpaired) electrons. The zero-order chi connectivity index (χ0) is 16.1. The standard InChI is InChI=1S/C18H19N3O2.ClH/c1-2-23-18(22)20-17-19-16-11-7-6-10-15(16)13-21(17)12-14-8-4-3-5-9-14;/h3-11H,2,12-13H2,1H3,(H,19,20,22);1H. The summed E-state index contributed by atoms with van der Waals surface area (Å²) in [5, 5.41) is 2.75. The lowest BCUT2D eigenvalue weighted by molar-refractivity contribution is 0.156. The van der Waals surface area contributed by atoms with Crippen molar-refractivity contribution in [3.63, 3.8) is 0 Å². The van der Waals surface area contributed by atoms with Gasteiger partial charge in [0.05, 0.1) is 12.3 Å². The topological polar surface area (TPSA) is 53.9 Å². The number of nitrogens with zero attached hydrogens (tertiary/aromatic N) is 2. The van der Waals surface area contributed by atoms with Gasteiger partial charge in [0.25, 0.3) is 0 Å². The molecule has 0 aromatic heterocycles. The molecule has 0 saturated carbocycles. The molecule has 0 saturated heterocycles. The average molecular weight is 346 g/mol. The third-order valence-electron chi connectivity index (χ3n) is 3.58. The van der Waals surface area contributed by atoms with E-state index in [1.807, 2.05) is 41.3 Å². The molecule has 3 rings (SSSR count). The van der Waals surface area contributed by atoms with Gasteiger partial charge in [0.1, 0.15) is 0 Å². The third-order valence-corrected chi connectivity index (χ3v) is 3.58. The number of hydrogen-bond donors (Lipinski definition) is 1. The fraction of sp³-hybridized carbons (Fsp3) is 0.222. The van der Waals surface area contributed by atoms with Crippen molar-refractivity contribution in [2.45, 2.75) is 20.0 Å². The van der Waals surface area contributed by atoms with E-state index >= 15 is 0 Å². The SMILES string of the molecule is CCOC(=O)NC1=Nc2ccccc2CN1Cc1ccccc1.Cl. The lowest BCUT2D eigenvalue weighted by Gasteiger charge is -2.30. The van der Waals surface area contributed by atoms with Gasteiger partial charge in [-0.15, -0.1) is 12.4 Å². The maximum atomic E-state index is 11.8. The number of fused-ring (bicyclic) bond motifs is 1. The van der Waals surface area contributed by atoms with E-state index in [0.29, 0.717) is 25.7 Å². The summed E-state index contributed by atoms with van der Waals surface area (Å²) < 4.78 is 4.97. The number of benzene rings is 2. The second-order valence-corrected chi connectivity index (χ2v) is 5.25. The highest BCUT2D eigenvalue weighted by Crippen LogP contribution is 2.26. The molecule has 1 amide bonds. The minimum absolute atomic E-state index is 0. The van der Waals surface area contributed by atoms with Crippen LogP contribution in [0.15, 0.2) is 59.6 Å². The van der Waals surface area contributed by atoms with Crippen molar-refractivity contribution in [3.05, 3.63) is 65.7 Å². The molecule has 0 fully saturated rings. The van der Waals surface area contributed by atoms with Crippen LogP contribution >= 0.6 is 12.4 Å². The fourth-order valence-electron chi connectivity index (χ4n) is 2.52. The van der Waals surface area contributed by atoms with E-state index in [0.717, 1.165) is 16.8 Å². The number of nitrogens with one attached hydrogen (secondary N) is 1. The highest BCUT2D eigenvalue weighted by molar-refractivity contribution is 5.96. The van der Waals surface area contributed by atoms with Crippen LogP contribution in [0.3, 0.4) is 0 Å². The molecule has 0 unspecified atom stereocenters. The molecule has 1 heterocycles. The van der Waals surface area contributed by atoms with Crippen molar-refractivity contribution in [1.29, 1.82) is 0 Å². The van der Waals surface area contributed by atoms with E-state index in [1.54, 1.807) is 6.92 Å². The number of hydrogen-bond acceptors (Lipinski definition) is 4. The van der Waals surface area contributed by atoms with E-state index in [-0.39, 0.29) is 12.4 Å². The summed E-state index contributed by atoms with van der Waals surface area (Å²) in [4.78, 5) is 18.4. The summed E-state index contributed by atoms with van der Waals surface area (Å²) in [5.74, 6) is 0.519. The molecule has 24 heavy (non-hydrogen) atoms. The first kappa shape index (κ1) is 17.8. The molecule has 0 spiro atoms. The summed E-state index contributed by atoms with van der Waals surface area (Å²) in [6.45, 7) is 3.46. The largest absolute Gasteiger partial charge is 0.450 e. The zero-order valence-corrected chi connectivity index (χ0v) is 14.3. The Kier molecular flexibility index (Phi) is 6.21. The van der Waals surface area contributed by atoms with E-state index < -0.39 is 6.09 Å². The number of guanidine groups is 1. The highest BCUT2D eigenvalue weighted by atomic mass is 35.5. The Morgan fingerprint density at radius 3 is 2.62 bits per heavy atom. The van der Waals surface area contributed by atoms with Crippen LogP contribution in [0.5, 0.6) is 0 Å². The molecule has 1 aliphatic heterocycles. The number of halogens is 1. The molecule has 6 heteroatoms. The maximum Gasteiger partial charge on any atom is 0.413 e. The van der Waals surface area contributed by atoms with Crippen molar-refractivity contribution in [2.75, 3.05) is 6.61 Å². The van der Waals surface area contributed by atoms with Crippen LogP contribution in [0.4, 0.5) is 10.5 Å². The van der Waals surface area contributed by atoms with Gasteiger partial charge in [-0.05, 0) is 24.1 Å². The minimum atomic E-state index is -0.483. The van der Waals surface area contributed by atoms with Crippen molar-refractivity contribution in [3.8, 4) is 0 Å². The van der Waals surface area contributed by atoms with E-state index in [4.69, 9.17) is 4.74 Å². The van der Waals surface area contributed by atoms with Crippen LogP contribution in [0, 0.1) is 0 Å². The van der Waals surface area contributed by atoms with Crippen LogP contribution in [0.1, 0.15) is 18.1 Å². The molecule has 0 aliphatic carbocycles. The van der Waals surface area contributed by atoms with E-state index in [1.165, 1.54) is 0 Å². The van der Waals surface area contributed by atoms with Gasteiger partial charge in [0, 0.05) is 13.1 Å². The molecule has 126 valence electrons. The Labute approximate surface area is 147 Å². The summed E-state index contributed by atoms with van der Waals surface area (Å²) in [6, 6.07) is 18.0. The van der Waals surface area contributed by atoms with Crippen molar-refractivity contribution in [1.82, 2.24) is 10.2 Å². The van der Waals surface area contributed by atoms with E-state index in [9.17, 15) is 4.79 Å². The van der Waals surface area contributed by atoms with Crippen molar-refractivity contribution >= 4 is 30.1 Å². The predicted octanol–water partition coefficient (Wildman–Crippen LogP) is 3.86. The lowest BCUT2D eigenvalue weighted by Crippen LogP contribution is -2.44. The number of carbonyl (C=O) groups excluding carboxylic acids is 1. The normalized spacial score (nSPS) is 12.5. The van der Waals surface area contributed by atoms with Crippen molar-refractivity contribution < 1.29 is 9.53 Å². The Balaban J connectivity index is 0.00000208. The van der Waals surface area contributed by atoms with Crippen LogP contribution in [-0.2, 0) is 17.8 Å². The van der Waals surface area contributed by atoms with Crippen LogP contribution in [-0.4, -0.2) is 23.6 Å². The second-order valence-electron chi connectivity index (χ2n) is 5.25. The van der Waals surface area contributed by atoms with Gasteiger partial charge in [0.2, 0.25) is 5.96 Å². The number of rotatable bonds is 3. The Hall–Kier alpha value is -2.53. The van der Waals surface area contributed by atoms with Gasteiger partial charge in [-0.2, -0.15) is 0 Å². The first-order valence-corrected chi connectivity index (χ1v) is 7.65. The quantitative estimate of drug-likeness (QED) is 0.919. The van der Waals surface area contributed by atoms with Gasteiger partial charge in [-0.1, -0.05) is 48.5 Å². The number of aliphatic imine (C=N–C) groups is 1. The Bertz CT molecular complexity index is 719. The Morgan fingerprint density at radius 1 is 1.17 bits per heavy atom. The first-order valence-electron chi connectivity index (χ1n) is 7.65. The van der Waals surface area contributed by atoms with Gasteiger partial charge < -0.3 is 9.64 Å². The Morgan fingerprint density at radius 2 is 1.88 bits per heavy atom. The van der Waals surface area contributed by atoms with Gasteiger partial charge >= 0.3 is 6.09 Å². The minimum Gasteiger partial charge on any atom is -0.450 e. The molecule has 2 aromatic rings. The number of carbonyl (C=O) groups is 1. The van der Waals surface area contributed by atoms with Crippen molar-refractivity contribution in [2.24, 2.45) is 4.99 Å². The third kappa shape index (κ3) is 4.26. The van der Waals surface area contributed by atoms with Crippen LogP contribution in [0.2, 0.25) is 0 Å². The van der Waals surface area contributed by atoms with E-state index in [2.05, 4.69) is 28.5 Å². The smallest absolute Gasteiger partial charge is 0.413 e. The number of alkyl carbamates (subject to hydrolysis) is 1. The molecule has 5 nitrogen and oxygen atoms in total. The summed E-state index contributed by atoms with van der Waals surface area (Å²) in [7, 11) is 0. The maximum absolute atomic E-state index is 11.8. The first-order chi connectivity index (χ1) is 11.3. The molecular formula is C18H20ClN3O2. The molecule has 2 aromatic carbocycles. The van der Waals surface area contributed by atoms with Gasteiger partial charge in [-0.3, -0.25) is 5.32 Å². The van der Waals surface area contributed by atoms with Crippen LogP contribution < -0.4 is 5.32 Å². The molecule has 1 N–H and O–H groups in total. The number of para-hydroxylation sites is 1. The molecule has 1 aliphatic rings. The van der Waals surface area contributed by atoms with Gasteiger partial charge in [-0.25, -0.2) is 9.79 Å². The van der Waals surface area contributed by atoms with Gasteiger partial charge in [0.15, 0.2) is 0 Å². The predicted molar refractivity (Wildman–Crippen MR) is 96.6 cm³/mol. The molecule has 0 bridgehead atoms. The molecular weight excluding hydrogens is 326 g/mol. The highest BCUT2D eigenvalue weighted by Gasteiger charge is 2.21. The summed E-state index contributed by atoms with van der Waals surface area (Å²) in [5.41, 5.74) is 3.17. The second kappa shape index (κ2) is 8.36. The monoisotopic (exact) mass is 345 g/mol. The summed E-state index contributed by atoms with van der Waals surface area (Å²) >= 11 is 0. The number of amides is 1. The molecule has 0 atom stereocenters.